The molecule has 0 radical (unpaired) electrons. The minimum Gasteiger partial charge on any atom is -0.223 e. The number of piperidine rings is 1. The molecule has 0 N–H and O–H groups in total. The molecule has 1 aliphatic rings. The molecule has 0 amide bonds. The van der Waals surface area contributed by atoms with Crippen molar-refractivity contribution in [2.45, 2.75) is 34.8 Å². The minimum absolute atomic E-state index is 0.211. The van der Waals surface area contributed by atoms with Crippen LogP contribution in [0.1, 0.15) is 18.4 Å². The van der Waals surface area contributed by atoms with Gasteiger partial charge >= 0.3 is 0 Å². The van der Waals surface area contributed by atoms with Crippen molar-refractivity contribution in [3.05, 3.63) is 59.5 Å². The lowest BCUT2D eigenvalue weighted by Gasteiger charge is -2.30. The maximum Gasteiger partial charge on any atom is 0.244 e. The van der Waals surface area contributed by atoms with E-state index in [1.807, 2.05) is 31.2 Å². The van der Waals surface area contributed by atoms with Gasteiger partial charge in [0.1, 0.15) is 4.90 Å². The number of sulfonamides is 1. The molecule has 8 heteroatoms. The third-order valence-electron chi connectivity index (χ3n) is 5.25. The number of nitrogens with zero attached hydrogens (tertiary/aromatic N) is 1. The third-order valence-corrected chi connectivity index (χ3v) is 10.6. The Morgan fingerprint density at radius 3 is 2.25 bits per heavy atom. The van der Waals surface area contributed by atoms with Crippen LogP contribution in [0.5, 0.6) is 0 Å². The van der Waals surface area contributed by atoms with Crippen LogP contribution in [-0.2, 0) is 19.9 Å². The summed E-state index contributed by atoms with van der Waals surface area (Å²) in [6, 6.07) is 14.3. The highest BCUT2D eigenvalue weighted by atomic mass is 32.2. The van der Waals surface area contributed by atoms with Crippen LogP contribution in [0.25, 0.3) is 10.1 Å². The van der Waals surface area contributed by atoms with Crippen LogP contribution >= 0.6 is 11.3 Å². The molecule has 0 aliphatic carbocycles. The first-order valence-electron chi connectivity index (χ1n) is 9.07. The van der Waals surface area contributed by atoms with Crippen molar-refractivity contribution in [1.29, 1.82) is 0 Å². The number of thiophene rings is 1. The second-order valence-corrected chi connectivity index (χ2v) is 12.1. The molecule has 1 saturated heterocycles. The number of aryl methyl sites for hydroxylation is 1. The van der Waals surface area contributed by atoms with Crippen molar-refractivity contribution < 1.29 is 16.8 Å². The fourth-order valence-electron chi connectivity index (χ4n) is 3.60. The molecular formula is C20H21NO4S3. The summed E-state index contributed by atoms with van der Waals surface area (Å²) >= 11 is 1.41. The topological polar surface area (TPSA) is 71.5 Å². The van der Waals surface area contributed by atoms with E-state index < -0.39 is 25.1 Å². The first-order valence-corrected chi connectivity index (χ1v) is 12.9. The average Bonchev–Trinajstić information content (AvgIpc) is 3.13. The molecule has 28 heavy (non-hydrogen) atoms. The normalized spacial score (nSPS) is 17.2. The van der Waals surface area contributed by atoms with Gasteiger partial charge in [-0.25, -0.2) is 16.8 Å². The van der Waals surface area contributed by atoms with E-state index >= 15 is 0 Å². The Morgan fingerprint density at radius 1 is 0.929 bits per heavy atom. The van der Waals surface area contributed by atoms with Gasteiger partial charge in [-0.05, 0) is 38.0 Å². The molecule has 0 atom stereocenters. The lowest BCUT2D eigenvalue weighted by atomic mass is 10.2. The molecule has 2 aromatic carbocycles. The molecule has 3 aromatic rings. The summed E-state index contributed by atoms with van der Waals surface area (Å²) in [5.74, 6) is 0. The fraction of sp³-hybridized carbons (Fsp3) is 0.300. The van der Waals surface area contributed by atoms with Crippen LogP contribution in [0.2, 0.25) is 0 Å². The molecule has 1 aromatic heterocycles. The number of hydrogen-bond donors (Lipinski definition) is 0. The zero-order valence-corrected chi connectivity index (χ0v) is 17.9. The first-order chi connectivity index (χ1) is 13.3. The first kappa shape index (κ1) is 19.6. The largest absolute Gasteiger partial charge is 0.244 e. The van der Waals surface area contributed by atoms with Gasteiger partial charge < -0.3 is 0 Å². The Hall–Kier alpha value is -1.74. The van der Waals surface area contributed by atoms with E-state index in [0.717, 1.165) is 15.6 Å². The van der Waals surface area contributed by atoms with Gasteiger partial charge in [-0.1, -0.05) is 35.9 Å². The quantitative estimate of drug-likeness (QED) is 0.624. The summed E-state index contributed by atoms with van der Waals surface area (Å²) in [6.07, 6.45) is 0.606. The number of benzene rings is 2. The predicted molar refractivity (Wildman–Crippen MR) is 112 cm³/mol. The molecular weight excluding hydrogens is 414 g/mol. The Bertz CT molecular complexity index is 1200. The van der Waals surface area contributed by atoms with E-state index in [9.17, 15) is 16.8 Å². The Balaban J connectivity index is 1.54. The molecule has 0 unspecified atom stereocenters. The van der Waals surface area contributed by atoms with Crippen LogP contribution in [-0.4, -0.2) is 39.5 Å². The van der Waals surface area contributed by atoms with Crippen LogP contribution < -0.4 is 0 Å². The van der Waals surface area contributed by atoms with Gasteiger partial charge in [0.2, 0.25) is 10.0 Å². The summed E-state index contributed by atoms with van der Waals surface area (Å²) < 4.78 is 54.4. The highest BCUT2D eigenvalue weighted by Crippen LogP contribution is 2.33. The number of hydrogen-bond acceptors (Lipinski definition) is 5. The molecule has 2 heterocycles. The van der Waals surface area contributed by atoms with Gasteiger partial charge in [-0.3, -0.25) is 0 Å². The minimum atomic E-state index is -3.64. The van der Waals surface area contributed by atoms with E-state index in [-0.39, 0.29) is 13.1 Å². The summed E-state index contributed by atoms with van der Waals surface area (Å²) in [5.41, 5.74) is 1.00. The Kier molecular flexibility index (Phi) is 5.07. The summed E-state index contributed by atoms with van der Waals surface area (Å²) in [5, 5.41) is 1.84. The van der Waals surface area contributed by atoms with E-state index in [0.29, 0.717) is 22.6 Å². The van der Waals surface area contributed by atoms with Crippen molar-refractivity contribution in [1.82, 2.24) is 4.31 Å². The maximum atomic E-state index is 13.1. The molecule has 4 rings (SSSR count). The summed E-state index contributed by atoms with van der Waals surface area (Å²) in [4.78, 5) is 0.621. The SMILES string of the molecule is Cc1ccc(S(=O)(=O)C2CCN(S(=O)(=O)c3csc4ccccc34)CC2)cc1. The fourth-order valence-corrected chi connectivity index (χ4v) is 8.27. The van der Waals surface area contributed by atoms with Gasteiger partial charge in [-0.15, -0.1) is 11.3 Å². The van der Waals surface area contributed by atoms with E-state index in [1.54, 1.807) is 29.6 Å². The standard InChI is InChI=1S/C20H21NO4S3/c1-15-6-8-16(9-7-15)27(22,23)17-10-12-21(13-11-17)28(24,25)20-14-26-19-5-3-2-4-18(19)20/h2-9,14,17H,10-13H2,1H3. The van der Waals surface area contributed by atoms with E-state index in [4.69, 9.17) is 0 Å². The van der Waals surface area contributed by atoms with Crippen molar-refractivity contribution in [2.75, 3.05) is 13.1 Å². The molecule has 0 saturated carbocycles. The van der Waals surface area contributed by atoms with Crippen LogP contribution in [0.3, 0.4) is 0 Å². The molecule has 0 spiro atoms. The average molecular weight is 436 g/mol. The van der Waals surface area contributed by atoms with Crippen molar-refractivity contribution in [3.63, 3.8) is 0 Å². The number of fused-ring (bicyclic) bond motifs is 1. The van der Waals surface area contributed by atoms with Crippen LogP contribution in [0, 0.1) is 6.92 Å². The molecule has 148 valence electrons. The van der Waals surface area contributed by atoms with Gasteiger partial charge in [0.25, 0.3) is 0 Å². The van der Waals surface area contributed by atoms with Crippen LogP contribution in [0.4, 0.5) is 0 Å². The molecule has 1 fully saturated rings. The number of rotatable bonds is 4. The predicted octanol–water partition coefficient (Wildman–Crippen LogP) is 3.84. The summed E-state index contributed by atoms with van der Waals surface area (Å²) in [7, 11) is -7.09. The highest BCUT2D eigenvalue weighted by Gasteiger charge is 2.36. The second kappa shape index (κ2) is 7.26. The van der Waals surface area contributed by atoms with Crippen molar-refractivity contribution in [2.24, 2.45) is 0 Å². The lowest BCUT2D eigenvalue weighted by Crippen LogP contribution is -2.42. The molecule has 1 aliphatic heterocycles. The lowest BCUT2D eigenvalue weighted by molar-refractivity contribution is 0.346. The van der Waals surface area contributed by atoms with E-state index in [2.05, 4.69) is 0 Å². The van der Waals surface area contributed by atoms with Gasteiger partial charge in [0, 0.05) is 28.6 Å². The van der Waals surface area contributed by atoms with Crippen molar-refractivity contribution in [3.8, 4) is 0 Å². The smallest absolute Gasteiger partial charge is 0.223 e. The number of sulfone groups is 1. The van der Waals surface area contributed by atoms with Gasteiger partial charge in [-0.2, -0.15) is 4.31 Å². The zero-order chi connectivity index (χ0) is 19.9. The van der Waals surface area contributed by atoms with Crippen LogP contribution in [0.15, 0.2) is 63.7 Å². The summed E-state index contributed by atoms with van der Waals surface area (Å²) in [6.45, 7) is 2.33. The highest BCUT2D eigenvalue weighted by molar-refractivity contribution is 7.92. The van der Waals surface area contributed by atoms with E-state index in [1.165, 1.54) is 15.6 Å². The van der Waals surface area contributed by atoms with Crippen molar-refractivity contribution >= 4 is 41.3 Å². The Labute approximate surface area is 169 Å². The van der Waals surface area contributed by atoms with Gasteiger partial charge in [0.15, 0.2) is 9.84 Å². The van der Waals surface area contributed by atoms with Gasteiger partial charge in [0.05, 0.1) is 10.1 Å². The Morgan fingerprint density at radius 2 is 1.57 bits per heavy atom. The monoisotopic (exact) mass is 435 g/mol. The molecule has 5 nitrogen and oxygen atoms in total. The maximum absolute atomic E-state index is 13.1. The third kappa shape index (κ3) is 3.39. The second-order valence-electron chi connectivity index (χ2n) is 7.06. The molecule has 0 bridgehead atoms. The zero-order valence-electron chi connectivity index (χ0n) is 15.4.